The molecule has 0 aliphatic rings. The highest BCUT2D eigenvalue weighted by atomic mass is 16.5. The number of benzene rings is 1. The molecule has 0 atom stereocenters. The molecule has 0 heterocycles. The second-order valence-corrected chi connectivity index (χ2v) is 5.19. The van der Waals surface area contributed by atoms with E-state index in [-0.39, 0.29) is 18.9 Å². The van der Waals surface area contributed by atoms with Crippen molar-refractivity contribution in [3.05, 3.63) is 29.3 Å². The van der Waals surface area contributed by atoms with Gasteiger partial charge in [-0.3, -0.25) is 0 Å². The molecule has 5 heteroatoms. The van der Waals surface area contributed by atoms with Crippen LogP contribution in [0.1, 0.15) is 31.4 Å². The van der Waals surface area contributed by atoms with Crippen molar-refractivity contribution >= 4 is 6.03 Å². The van der Waals surface area contributed by atoms with Crippen LogP contribution in [0.4, 0.5) is 4.79 Å². The Morgan fingerprint density at radius 2 is 2.00 bits per heavy atom. The quantitative estimate of drug-likeness (QED) is 0.572. The third kappa shape index (κ3) is 6.99. The highest BCUT2D eigenvalue weighted by Gasteiger charge is 2.03. The summed E-state index contributed by atoms with van der Waals surface area (Å²) >= 11 is 0. The summed E-state index contributed by atoms with van der Waals surface area (Å²) in [6.07, 6.45) is 1.02. The highest BCUT2D eigenvalue weighted by Crippen LogP contribution is 2.19. The lowest BCUT2D eigenvalue weighted by Crippen LogP contribution is -2.38. The second-order valence-electron chi connectivity index (χ2n) is 5.19. The maximum atomic E-state index is 11.5. The van der Waals surface area contributed by atoms with Crippen molar-refractivity contribution in [1.29, 1.82) is 0 Å². The summed E-state index contributed by atoms with van der Waals surface area (Å²) in [5.41, 5.74) is 2.26. The van der Waals surface area contributed by atoms with Crippen molar-refractivity contribution in [2.24, 2.45) is 0 Å². The van der Waals surface area contributed by atoms with Crippen LogP contribution < -0.4 is 15.4 Å². The molecule has 1 aromatic rings. The number of hydrogen-bond donors (Lipinski definition) is 2. The molecular weight excluding hydrogens is 268 g/mol. The number of amides is 2. The minimum atomic E-state index is -0.232. The van der Waals surface area contributed by atoms with Crippen LogP contribution in [0.25, 0.3) is 0 Å². The molecule has 0 saturated heterocycles. The maximum Gasteiger partial charge on any atom is 0.317 e. The molecule has 0 spiro atoms. The largest absolute Gasteiger partial charge is 0.473 e. The zero-order chi connectivity index (χ0) is 15.7. The Kier molecular flexibility index (Phi) is 7.61. The zero-order valence-corrected chi connectivity index (χ0v) is 13.4. The Bertz CT molecular complexity index is 447. The number of urea groups is 1. The molecule has 2 amide bonds. The molecule has 0 aliphatic heterocycles. The summed E-state index contributed by atoms with van der Waals surface area (Å²) in [5.74, 6) is 0.792. The lowest BCUT2D eigenvalue weighted by Gasteiger charge is -2.12. The van der Waals surface area contributed by atoms with Gasteiger partial charge in [0.1, 0.15) is 5.75 Å². The Morgan fingerprint density at radius 1 is 1.24 bits per heavy atom. The lowest BCUT2D eigenvalue weighted by molar-refractivity contribution is 0.0774. The molecule has 0 unspecified atom stereocenters. The SMILES string of the molecule is Cc1cccc(OCNC(=O)NCCCOC(C)C)c1C. The molecule has 0 saturated carbocycles. The fourth-order valence-corrected chi connectivity index (χ4v) is 1.72. The first-order chi connectivity index (χ1) is 10.0. The van der Waals surface area contributed by atoms with Gasteiger partial charge in [-0.15, -0.1) is 0 Å². The predicted molar refractivity (Wildman–Crippen MR) is 83.7 cm³/mol. The molecule has 2 N–H and O–H groups in total. The van der Waals surface area contributed by atoms with Gasteiger partial charge in [0.15, 0.2) is 6.73 Å². The first kappa shape index (κ1) is 17.3. The smallest absolute Gasteiger partial charge is 0.317 e. The Morgan fingerprint density at radius 3 is 2.71 bits per heavy atom. The summed E-state index contributed by atoms with van der Waals surface area (Å²) in [5, 5.41) is 5.42. The van der Waals surface area contributed by atoms with E-state index in [9.17, 15) is 4.79 Å². The van der Waals surface area contributed by atoms with Crippen molar-refractivity contribution in [1.82, 2.24) is 10.6 Å². The van der Waals surface area contributed by atoms with E-state index >= 15 is 0 Å². The van der Waals surface area contributed by atoms with Crippen LogP contribution in [0.15, 0.2) is 18.2 Å². The average molecular weight is 294 g/mol. The molecule has 5 nitrogen and oxygen atoms in total. The van der Waals surface area contributed by atoms with Gasteiger partial charge in [-0.05, 0) is 51.3 Å². The Balaban J connectivity index is 2.15. The minimum Gasteiger partial charge on any atom is -0.473 e. The summed E-state index contributed by atoms with van der Waals surface area (Å²) in [6.45, 7) is 9.40. The summed E-state index contributed by atoms with van der Waals surface area (Å²) in [7, 11) is 0. The van der Waals surface area contributed by atoms with Gasteiger partial charge in [0.2, 0.25) is 0 Å². The van der Waals surface area contributed by atoms with Crippen LogP contribution in [0, 0.1) is 13.8 Å². The van der Waals surface area contributed by atoms with E-state index in [4.69, 9.17) is 9.47 Å². The number of ether oxygens (including phenoxy) is 2. The first-order valence-electron chi connectivity index (χ1n) is 7.33. The van der Waals surface area contributed by atoms with Gasteiger partial charge >= 0.3 is 6.03 Å². The van der Waals surface area contributed by atoms with Gasteiger partial charge in [0.25, 0.3) is 0 Å². The van der Waals surface area contributed by atoms with E-state index in [1.165, 1.54) is 5.56 Å². The van der Waals surface area contributed by atoms with Gasteiger partial charge in [-0.25, -0.2) is 4.79 Å². The lowest BCUT2D eigenvalue weighted by atomic mass is 10.1. The second kappa shape index (κ2) is 9.23. The van der Waals surface area contributed by atoms with Crippen LogP contribution in [0.5, 0.6) is 5.75 Å². The molecule has 0 aromatic heterocycles. The number of carbonyl (C=O) groups excluding carboxylic acids is 1. The van der Waals surface area contributed by atoms with Gasteiger partial charge in [0.05, 0.1) is 6.10 Å². The van der Waals surface area contributed by atoms with E-state index in [0.29, 0.717) is 13.2 Å². The van der Waals surface area contributed by atoms with Crippen molar-refractivity contribution in [3.63, 3.8) is 0 Å². The third-order valence-electron chi connectivity index (χ3n) is 3.07. The number of aryl methyl sites for hydroxylation is 1. The normalized spacial score (nSPS) is 10.5. The topological polar surface area (TPSA) is 59.6 Å². The van der Waals surface area contributed by atoms with E-state index in [1.54, 1.807) is 0 Å². The van der Waals surface area contributed by atoms with Crippen molar-refractivity contribution in [2.45, 2.75) is 40.2 Å². The van der Waals surface area contributed by atoms with Crippen LogP contribution in [-0.4, -0.2) is 32.0 Å². The summed E-state index contributed by atoms with van der Waals surface area (Å²) in [6, 6.07) is 5.63. The van der Waals surface area contributed by atoms with Gasteiger partial charge in [-0.2, -0.15) is 0 Å². The van der Waals surface area contributed by atoms with Gasteiger partial charge in [-0.1, -0.05) is 12.1 Å². The van der Waals surface area contributed by atoms with E-state index in [1.807, 2.05) is 45.9 Å². The summed E-state index contributed by atoms with van der Waals surface area (Å²) in [4.78, 5) is 11.5. The minimum absolute atomic E-state index is 0.151. The zero-order valence-electron chi connectivity index (χ0n) is 13.4. The molecule has 21 heavy (non-hydrogen) atoms. The van der Waals surface area contributed by atoms with Crippen molar-refractivity contribution < 1.29 is 14.3 Å². The van der Waals surface area contributed by atoms with E-state index in [0.717, 1.165) is 17.7 Å². The monoisotopic (exact) mass is 294 g/mol. The number of carbonyl (C=O) groups is 1. The van der Waals surface area contributed by atoms with Crippen molar-refractivity contribution in [2.75, 3.05) is 19.9 Å². The Hall–Kier alpha value is -1.75. The van der Waals surface area contributed by atoms with E-state index < -0.39 is 0 Å². The number of nitrogens with one attached hydrogen (secondary N) is 2. The third-order valence-corrected chi connectivity index (χ3v) is 3.07. The maximum absolute atomic E-state index is 11.5. The molecule has 0 aliphatic carbocycles. The van der Waals surface area contributed by atoms with Gasteiger partial charge in [0, 0.05) is 13.2 Å². The van der Waals surface area contributed by atoms with Crippen molar-refractivity contribution in [3.8, 4) is 5.75 Å². The van der Waals surface area contributed by atoms with Crippen LogP contribution >= 0.6 is 0 Å². The molecular formula is C16H26N2O3. The van der Waals surface area contributed by atoms with Crippen LogP contribution in [0.2, 0.25) is 0 Å². The van der Waals surface area contributed by atoms with Gasteiger partial charge < -0.3 is 20.1 Å². The average Bonchev–Trinajstić information content (AvgIpc) is 2.43. The van der Waals surface area contributed by atoms with Crippen LogP contribution in [-0.2, 0) is 4.74 Å². The molecule has 1 rings (SSSR count). The predicted octanol–water partition coefficient (Wildman–Crippen LogP) is 2.75. The highest BCUT2D eigenvalue weighted by molar-refractivity contribution is 5.73. The standard InChI is InChI=1S/C16H26N2O3/c1-12(2)20-10-6-9-17-16(19)18-11-21-15-8-5-7-13(3)14(15)4/h5,7-8,12H,6,9-11H2,1-4H3,(H2,17,18,19). The van der Waals surface area contributed by atoms with Crippen LogP contribution in [0.3, 0.4) is 0 Å². The summed E-state index contributed by atoms with van der Waals surface area (Å²) < 4.78 is 10.9. The number of hydrogen-bond acceptors (Lipinski definition) is 3. The fraction of sp³-hybridized carbons (Fsp3) is 0.562. The fourth-order valence-electron chi connectivity index (χ4n) is 1.72. The molecule has 1 aromatic carbocycles. The molecule has 0 fully saturated rings. The molecule has 0 bridgehead atoms. The first-order valence-corrected chi connectivity index (χ1v) is 7.33. The van der Waals surface area contributed by atoms with E-state index in [2.05, 4.69) is 10.6 Å². The molecule has 118 valence electrons. The molecule has 0 radical (unpaired) electrons. The Labute approximate surface area is 127 Å². The number of rotatable bonds is 8.